The third-order valence-corrected chi connectivity index (χ3v) is 4.79. The lowest BCUT2D eigenvalue weighted by Crippen LogP contribution is -2.20. The number of benzene rings is 2. The predicted molar refractivity (Wildman–Crippen MR) is 88.8 cm³/mol. The Hall–Kier alpha value is -0.460. The van der Waals surface area contributed by atoms with Crippen molar-refractivity contribution in [1.29, 1.82) is 0 Å². The number of nitrogens with one attached hydrogen (secondary N) is 1. The molecule has 0 heterocycles. The maximum Gasteiger partial charge on any atom is 0.124 e. The van der Waals surface area contributed by atoms with Crippen LogP contribution in [0, 0.1) is 9.39 Å². The van der Waals surface area contributed by atoms with Crippen LogP contribution in [0.3, 0.4) is 0 Å². The van der Waals surface area contributed by atoms with Gasteiger partial charge in [-0.15, -0.1) is 0 Å². The molecule has 1 nitrogen and oxygen atoms in total. The first-order valence-electron chi connectivity index (χ1n) is 5.97. The molecule has 0 saturated carbocycles. The average Bonchev–Trinajstić information content (AvgIpc) is 2.39. The van der Waals surface area contributed by atoms with E-state index in [1.807, 2.05) is 25.2 Å². The van der Waals surface area contributed by atoms with Crippen molar-refractivity contribution >= 4 is 38.5 Å². The van der Waals surface area contributed by atoms with E-state index in [0.29, 0.717) is 0 Å². The monoisotopic (exact) mass is 433 g/mol. The SMILES string of the molecule is CNC(Cc1ccc(F)cc1Br)c1ccccc1I. The minimum absolute atomic E-state index is 0.217. The van der Waals surface area contributed by atoms with Gasteiger partial charge in [0.05, 0.1) is 0 Å². The zero-order valence-electron chi connectivity index (χ0n) is 10.5. The summed E-state index contributed by atoms with van der Waals surface area (Å²) in [5.41, 5.74) is 2.36. The minimum Gasteiger partial charge on any atom is -0.313 e. The van der Waals surface area contributed by atoms with Gasteiger partial charge >= 0.3 is 0 Å². The molecule has 0 saturated heterocycles. The van der Waals surface area contributed by atoms with Crippen molar-refractivity contribution in [3.63, 3.8) is 0 Å². The third kappa shape index (κ3) is 3.77. The highest BCUT2D eigenvalue weighted by Crippen LogP contribution is 2.27. The Morgan fingerprint density at radius 3 is 2.63 bits per heavy atom. The summed E-state index contributed by atoms with van der Waals surface area (Å²) in [7, 11) is 1.95. The molecule has 2 rings (SSSR count). The highest BCUT2D eigenvalue weighted by atomic mass is 127. The van der Waals surface area contributed by atoms with Crippen molar-refractivity contribution in [2.75, 3.05) is 7.05 Å². The van der Waals surface area contributed by atoms with E-state index in [9.17, 15) is 4.39 Å². The summed E-state index contributed by atoms with van der Waals surface area (Å²) in [6, 6.07) is 13.4. The molecule has 0 fully saturated rings. The third-order valence-electron chi connectivity index (χ3n) is 3.07. The summed E-state index contributed by atoms with van der Waals surface area (Å²) in [5.74, 6) is -0.217. The fraction of sp³-hybridized carbons (Fsp3) is 0.200. The molecule has 0 amide bonds. The van der Waals surface area contributed by atoms with Crippen LogP contribution in [-0.2, 0) is 6.42 Å². The Labute approximate surface area is 134 Å². The first-order chi connectivity index (χ1) is 9.11. The van der Waals surface area contributed by atoms with Crippen molar-refractivity contribution in [2.24, 2.45) is 0 Å². The van der Waals surface area contributed by atoms with E-state index in [4.69, 9.17) is 0 Å². The standard InChI is InChI=1S/C15H14BrFIN/c1-19-15(12-4-2-3-5-14(12)18)8-10-6-7-11(17)9-13(10)16/h2-7,9,15,19H,8H2,1H3. The molecule has 0 radical (unpaired) electrons. The Bertz CT molecular complexity index is 574. The van der Waals surface area contributed by atoms with Gasteiger partial charge in [-0.2, -0.15) is 0 Å². The quantitative estimate of drug-likeness (QED) is 0.689. The van der Waals surface area contributed by atoms with Gasteiger partial charge in [-0.25, -0.2) is 4.39 Å². The summed E-state index contributed by atoms with van der Waals surface area (Å²) in [5, 5.41) is 3.33. The highest BCUT2D eigenvalue weighted by molar-refractivity contribution is 14.1. The highest BCUT2D eigenvalue weighted by Gasteiger charge is 2.14. The van der Waals surface area contributed by atoms with Crippen LogP contribution >= 0.6 is 38.5 Å². The molecule has 0 aliphatic heterocycles. The fourth-order valence-corrected chi connectivity index (χ4v) is 3.31. The van der Waals surface area contributed by atoms with E-state index in [1.165, 1.54) is 21.3 Å². The van der Waals surface area contributed by atoms with Crippen LogP contribution in [-0.4, -0.2) is 7.05 Å². The summed E-state index contributed by atoms with van der Waals surface area (Å²) in [4.78, 5) is 0. The molecule has 2 aromatic carbocycles. The molecule has 1 atom stereocenters. The van der Waals surface area contributed by atoms with E-state index in [-0.39, 0.29) is 11.9 Å². The Morgan fingerprint density at radius 1 is 1.26 bits per heavy atom. The molecule has 1 unspecified atom stereocenters. The predicted octanol–water partition coefficient (Wildman–Crippen LogP) is 4.70. The van der Waals surface area contributed by atoms with E-state index in [2.05, 4.69) is 56.0 Å². The molecule has 0 bridgehead atoms. The molecule has 4 heteroatoms. The van der Waals surface area contributed by atoms with E-state index >= 15 is 0 Å². The Kier molecular flexibility index (Phi) is 5.36. The Balaban J connectivity index is 2.27. The smallest absolute Gasteiger partial charge is 0.124 e. The van der Waals surface area contributed by atoms with Gasteiger partial charge in [0, 0.05) is 14.1 Å². The van der Waals surface area contributed by atoms with Gasteiger partial charge in [-0.1, -0.05) is 40.2 Å². The van der Waals surface area contributed by atoms with Crippen LogP contribution in [0.4, 0.5) is 4.39 Å². The number of hydrogen-bond donors (Lipinski definition) is 1. The lowest BCUT2D eigenvalue weighted by Gasteiger charge is -2.19. The van der Waals surface area contributed by atoms with E-state index < -0.39 is 0 Å². The van der Waals surface area contributed by atoms with E-state index in [0.717, 1.165) is 16.5 Å². The van der Waals surface area contributed by atoms with Crippen molar-refractivity contribution < 1.29 is 4.39 Å². The molecule has 0 spiro atoms. The van der Waals surface area contributed by atoms with Crippen molar-refractivity contribution in [1.82, 2.24) is 5.32 Å². The first kappa shape index (κ1) is 14.9. The van der Waals surface area contributed by atoms with Crippen LogP contribution in [0.1, 0.15) is 17.2 Å². The normalized spacial score (nSPS) is 12.4. The summed E-state index contributed by atoms with van der Waals surface area (Å²) < 4.78 is 15.2. The molecule has 0 aliphatic carbocycles. The number of rotatable bonds is 4. The van der Waals surface area contributed by atoms with Crippen molar-refractivity contribution in [3.05, 3.63) is 67.5 Å². The molecule has 0 aromatic heterocycles. The van der Waals surface area contributed by atoms with Gasteiger partial charge in [0.15, 0.2) is 0 Å². The van der Waals surface area contributed by atoms with Crippen LogP contribution in [0.15, 0.2) is 46.9 Å². The van der Waals surface area contributed by atoms with Crippen LogP contribution in [0.25, 0.3) is 0 Å². The molecule has 1 N–H and O–H groups in total. The van der Waals surface area contributed by atoms with Crippen LogP contribution in [0.2, 0.25) is 0 Å². The van der Waals surface area contributed by atoms with Crippen LogP contribution in [0.5, 0.6) is 0 Å². The molecule has 0 aliphatic rings. The van der Waals surface area contributed by atoms with Crippen molar-refractivity contribution in [2.45, 2.75) is 12.5 Å². The van der Waals surface area contributed by atoms with Gasteiger partial charge in [0.2, 0.25) is 0 Å². The van der Waals surface area contributed by atoms with Crippen LogP contribution < -0.4 is 5.32 Å². The van der Waals surface area contributed by atoms with Gasteiger partial charge in [-0.3, -0.25) is 0 Å². The molecular weight excluding hydrogens is 420 g/mol. The summed E-state index contributed by atoms with van der Waals surface area (Å²) in [6.45, 7) is 0. The van der Waals surface area contributed by atoms with E-state index in [1.54, 1.807) is 0 Å². The average molecular weight is 434 g/mol. The minimum atomic E-state index is -0.217. The van der Waals surface area contributed by atoms with Crippen molar-refractivity contribution in [3.8, 4) is 0 Å². The van der Waals surface area contributed by atoms with Gasteiger partial charge < -0.3 is 5.32 Å². The second-order valence-electron chi connectivity index (χ2n) is 4.30. The number of halogens is 3. The Morgan fingerprint density at radius 2 is 2.00 bits per heavy atom. The molecular formula is C15H14BrFIN. The summed E-state index contributed by atoms with van der Waals surface area (Å²) in [6.07, 6.45) is 0.817. The first-order valence-corrected chi connectivity index (χ1v) is 7.84. The lowest BCUT2D eigenvalue weighted by atomic mass is 9.99. The largest absolute Gasteiger partial charge is 0.313 e. The number of likely N-dealkylation sites (N-methyl/N-ethyl adjacent to an activating group) is 1. The lowest BCUT2D eigenvalue weighted by molar-refractivity contribution is 0.585. The van der Waals surface area contributed by atoms with Gasteiger partial charge in [0.1, 0.15) is 5.82 Å². The zero-order valence-corrected chi connectivity index (χ0v) is 14.2. The number of hydrogen-bond acceptors (Lipinski definition) is 1. The summed E-state index contributed by atoms with van der Waals surface area (Å²) >= 11 is 5.77. The zero-order chi connectivity index (χ0) is 13.8. The molecule has 2 aromatic rings. The maximum absolute atomic E-state index is 13.1. The fourth-order valence-electron chi connectivity index (χ4n) is 2.03. The molecule has 100 valence electrons. The second kappa shape index (κ2) is 6.81. The van der Waals surface area contributed by atoms with Gasteiger partial charge in [-0.05, 0) is 65.4 Å². The van der Waals surface area contributed by atoms with Gasteiger partial charge in [0.25, 0.3) is 0 Å². The topological polar surface area (TPSA) is 12.0 Å². The maximum atomic E-state index is 13.1. The molecule has 19 heavy (non-hydrogen) atoms. The second-order valence-corrected chi connectivity index (χ2v) is 6.32.